The molecule has 0 atom stereocenters. The summed E-state index contributed by atoms with van der Waals surface area (Å²) in [6, 6.07) is 8.43. The monoisotopic (exact) mass is 540 g/mol. The molecule has 1 amide bonds. The number of nitro benzene ring substituents is 1. The molecule has 0 aliphatic carbocycles. The summed E-state index contributed by atoms with van der Waals surface area (Å²) < 4.78 is 32.9. The van der Waals surface area contributed by atoms with Gasteiger partial charge in [-0.15, -0.1) is 0 Å². The molecule has 4 aromatic rings. The van der Waals surface area contributed by atoms with Gasteiger partial charge in [-0.25, -0.2) is 13.2 Å². The number of carbonyl (C=O) groups excluding carboxylic acids is 1. The van der Waals surface area contributed by atoms with E-state index in [1.165, 1.54) is 21.3 Å². The van der Waals surface area contributed by atoms with Gasteiger partial charge in [0, 0.05) is 55.4 Å². The molecular formula is C24H20N4O9S. The zero-order chi connectivity index (χ0) is 27.2. The molecule has 1 aliphatic rings. The zero-order valence-electron chi connectivity index (χ0n) is 19.6. The van der Waals surface area contributed by atoms with Gasteiger partial charge in [-0.1, -0.05) is 6.07 Å². The van der Waals surface area contributed by atoms with Gasteiger partial charge >= 0.3 is 11.3 Å². The highest BCUT2D eigenvalue weighted by atomic mass is 32.2. The number of aromatic nitrogens is 1. The standard InChI is InChI=1S/C24H20N4O9S/c29-20-19(28(33)34)12-15-11-18(24(32)37-22(15)21(20)30)23(31)26-6-1-7-27(9-8-26)38(35,36)17-3-2-14-4-5-25-13-16(14)10-17/h2-5,10-13,29-30H,1,6-9H2. The van der Waals surface area contributed by atoms with Crippen LogP contribution >= 0.6 is 0 Å². The molecule has 13 nitrogen and oxygen atoms in total. The minimum absolute atomic E-state index is 0.0222. The van der Waals surface area contributed by atoms with Crippen molar-refractivity contribution in [2.45, 2.75) is 11.3 Å². The number of sulfonamides is 1. The van der Waals surface area contributed by atoms with Crippen molar-refractivity contribution >= 4 is 43.4 Å². The molecule has 0 unspecified atom stereocenters. The summed E-state index contributed by atoms with van der Waals surface area (Å²) in [4.78, 5) is 41.4. The number of nitrogens with zero attached hydrogens (tertiary/aromatic N) is 4. The van der Waals surface area contributed by atoms with Gasteiger partial charge in [0.25, 0.3) is 5.91 Å². The van der Waals surface area contributed by atoms with Crippen molar-refractivity contribution in [2.24, 2.45) is 0 Å². The predicted molar refractivity (Wildman–Crippen MR) is 133 cm³/mol. The number of phenolic OH excluding ortho intramolecular Hbond substituents is 2. The first kappa shape index (κ1) is 25.1. The number of amides is 1. The number of benzene rings is 2. The van der Waals surface area contributed by atoms with Gasteiger partial charge in [0.1, 0.15) is 5.56 Å². The second-order valence-corrected chi connectivity index (χ2v) is 10.6. The summed E-state index contributed by atoms with van der Waals surface area (Å²) >= 11 is 0. The van der Waals surface area contributed by atoms with E-state index < -0.39 is 54.8 Å². The normalized spacial score (nSPS) is 15.0. The lowest BCUT2D eigenvalue weighted by Gasteiger charge is -2.22. The summed E-state index contributed by atoms with van der Waals surface area (Å²) in [6.07, 6.45) is 3.47. The van der Waals surface area contributed by atoms with Crippen molar-refractivity contribution in [1.29, 1.82) is 0 Å². The number of hydrogen-bond acceptors (Lipinski definition) is 10. The number of phenols is 2. The highest BCUT2D eigenvalue weighted by molar-refractivity contribution is 7.89. The van der Waals surface area contributed by atoms with Gasteiger partial charge in [0.15, 0.2) is 5.58 Å². The Bertz CT molecular complexity index is 1790. The zero-order valence-corrected chi connectivity index (χ0v) is 20.4. The molecule has 196 valence electrons. The van der Waals surface area contributed by atoms with Gasteiger partial charge in [0.2, 0.25) is 21.5 Å². The molecule has 3 heterocycles. The van der Waals surface area contributed by atoms with Crippen LogP contribution in [0.3, 0.4) is 0 Å². The van der Waals surface area contributed by atoms with Crippen molar-refractivity contribution in [3.63, 3.8) is 0 Å². The van der Waals surface area contributed by atoms with E-state index in [0.29, 0.717) is 11.8 Å². The van der Waals surface area contributed by atoms with E-state index in [4.69, 9.17) is 4.42 Å². The number of rotatable bonds is 4. The lowest BCUT2D eigenvalue weighted by Crippen LogP contribution is -2.38. The Labute approximate surface area is 214 Å². The second kappa shape index (κ2) is 9.39. The lowest BCUT2D eigenvalue weighted by atomic mass is 10.1. The number of nitro groups is 1. The predicted octanol–water partition coefficient (Wildman–Crippen LogP) is 2.20. The van der Waals surface area contributed by atoms with Crippen molar-refractivity contribution in [2.75, 3.05) is 26.2 Å². The van der Waals surface area contributed by atoms with Crippen LogP contribution in [0, 0.1) is 10.1 Å². The topological polar surface area (TPSA) is 184 Å². The fourth-order valence-corrected chi connectivity index (χ4v) is 5.90. The van der Waals surface area contributed by atoms with Crippen LogP contribution in [0.25, 0.3) is 21.7 Å². The SMILES string of the molecule is O=C(c1cc2cc([N+](=O)[O-])c(O)c(O)c2oc1=O)N1CCCN(S(=O)(=O)c2ccc3ccncc3c2)CC1. The Balaban J connectivity index is 1.41. The first-order valence-corrected chi connectivity index (χ1v) is 12.8. The van der Waals surface area contributed by atoms with Crippen molar-refractivity contribution in [3.8, 4) is 11.5 Å². The lowest BCUT2D eigenvalue weighted by molar-refractivity contribution is -0.385. The summed E-state index contributed by atoms with van der Waals surface area (Å²) in [7, 11) is -3.88. The molecule has 14 heteroatoms. The first-order valence-electron chi connectivity index (χ1n) is 11.4. The van der Waals surface area contributed by atoms with E-state index in [1.807, 2.05) is 0 Å². The Morgan fingerprint density at radius 3 is 2.55 bits per heavy atom. The second-order valence-electron chi connectivity index (χ2n) is 8.65. The maximum absolute atomic E-state index is 13.3. The number of hydrogen-bond donors (Lipinski definition) is 2. The molecule has 2 N–H and O–H groups in total. The molecular weight excluding hydrogens is 520 g/mol. The third-order valence-corrected chi connectivity index (χ3v) is 8.26. The van der Waals surface area contributed by atoms with Crippen molar-refractivity contribution < 1.29 is 32.8 Å². The molecule has 2 aromatic carbocycles. The number of aromatic hydroxyl groups is 2. The molecule has 0 spiro atoms. The minimum atomic E-state index is -3.88. The number of pyridine rings is 1. The van der Waals surface area contributed by atoms with Crippen LogP contribution in [-0.4, -0.2) is 69.8 Å². The molecule has 0 saturated carbocycles. The van der Waals surface area contributed by atoms with Crippen molar-refractivity contribution in [3.05, 3.63) is 74.9 Å². The van der Waals surface area contributed by atoms with E-state index in [1.54, 1.807) is 24.5 Å². The molecule has 2 aromatic heterocycles. The molecule has 1 aliphatic heterocycles. The number of carbonyl (C=O) groups is 1. The molecule has 1 saturated heterocycles. The van der Waals surface area contributed by atoms with Gasteiger partial charge in [-0.2, -0.15) is 4.31 Å². The third-order valence-electron chi connectivity index (χ3n) is 6.37. The summed E-state index contributed by atoms with van der Waals surface area (Å²) in [5.41, 5.74) is -2.91. The van der Waals surface area contributed by atoms with E-state index >= 15 is 0 Å². The van der Waals surface area contributed by atoms with E-state index in [-0.39, 0.29) is 36.5 Å². The Hall–Kier alpha value is -4.56. The molecule has 0 bridgehead atoms. The summed E-state index contributed by atoms with van der Waals surface area (Å²) in [6.45, 7) is 0.234. The fraction of sp³-hybridized carbons (Fsp3) is 0.208. The quantitative estimate of drug-likeness (QED) is 0.168. The van der Waals surface area contributed by atoms with Crippen LogP contribution in [0.2, 0.25) is 0 Å². The van der Waals surface area contributed by atoms with Gasteiger partial charge in [-0.05, 0) is 36.1 Å². The van der Waals surface area contributed by atoms with E-state index in [9.17, 15) is 38.3 Å². The Kier molecular flexibility index (Phi) is 6.20. The maximum Gasteiger partial charge on any atom is 0.349 e. The largest absolute Gasteiger partial charge is 0.501 e. The molecule has 0 radical (unpaired) electrons. The van der Waals surface area contributed by atoms with Gasteiger partial charge in [0.05, 0.1) is 9.82 Å². The van der Waals surface area contributed by atoms with E-state index in [0.717, 1.165) is 17.5 Å². The van der Waals surface area contributed by atoms with Crippen molar-refractivity contribution in [1.82, 2.24) is 14.2 Å². The van der Waals surface area contributed by atoms with Crippen LogP contribution in [0.15, 0.2) is 62.9 Å². The smallest absolute Gasteiger partial charge is 0.349 e. The first-order chi connectivity index (χ1) is 18.1. The van der Waals surface area contributed by atoms with Gasteiger partial charge < -0.3 is 19.5 Å². The van der Waals surface area contributed by atoms with Crippen LogP contribution in [0.1, 0.15) is 16.8 Å². The molecule has 38 heavy (non-hydrogen) atoms. The Morgan fingerprint density at radius 2 is 1.79 bits per heavy atom. The summed E-state index contributed by atoms with van der Waals surface area (Å²) in [5.74, 6) is -2.82. The van der Waals surface area contributed by atoms with Crippen LogP contribution < -0.4 is 5.63 Å². The maximum atomic E-state index is 13.3. The fourth-order valence-electron chi connectivity index (χ4n) is 4.39. The third kappa shape index (κ3) is 4.29. The van der Waals surface area contributed by atoms with Crippen LogP contribution in [-0.2, 0) is 10.0 Å². The van der Waals surface area contributed by atoms with Crippen LogP contribution in [0.4, 0.5) is 5.69 Å². The highest BCUT2D eigenvalue weighted by Crippen LogP contribution is 2.41. The highest BCUT2D eigenvalue weighted by Gasteiger charge is 2.31. The molecule has 1 fully saturated rings. The Morgan fingerprint density at radius 1 is 1.00 bits per heavy atom. The van der Waals surface area contributed by atoms with Gasteiger partial charge in [-0.3, -0.25) is 19.9 Å². The molecule has 5 rings (SSSR count). The van der Waals surface area contributed by atoms with Crippen LogP contribution in [0.5, 0.6) is 11.5 Å². The summed E-state index contributed by atoms with van der Waals surface area (Å²) in [5, 5.41) is 32.4. The average Bonchev–Trinajstić information content (AvgIpc) is 3.17. The minimum Gasteiger partial charge on any atom is -0.501 e. The average molecular weight is 541 g/mol. The number of fused-ring (bicyclic) bond motifs is 2. The van der Waals surface area contributed by atoms with E-state index in [2.05, 4.69) is 4.98 Å².